The van der Waals surface area contributed by atoms with Crippen molar-refractivity contribution < 1.29 is 4.79 Å². The first-order valence-electron chi connectivity index (χ1n) is 6.95. The molecule has 0 aromatic heterocycles. The molecule has 0 bridgehead atoms. The van der Waals surface area contributed by atoms with Crippen molar-refractivity contribution in [1.29, 1.82) is 0 Å². The van der Waals surface area contributed by atoms with Crippen molar-refractivity contribution in [3.63, 3.8) is 0 Å². The molecule has 0 heterocycles. The topological polar surface area (TPSA) is 41.1 Å². The lowest BCUT2D eigenvalue weighted by Crippen LogP contribution is -2.29. The van der Waals surface area contributed by atoms with Gasteiger partial charge in [0.2, 0.25) is 5.91 Å². The first-order chi connectivity index (χ1) is 10.1. The Bertz CT molecular complexity index is 596. The maximum atomic E-state index is 11.8. The van der Waals surface area contributed by atoms with E-state index in [4.69, 9.17) is 11.6 Å². The monoisotopic (exact) mass is 302 g/mol. The maximum Gasteiger partial charge on any atom is 0.238 e. The van der Waals surface area contributed by atoms with Crippen LogP contribution in [0.25, 0.3) is 0 Å². The summed E-state index contributed by atoms with van der Waals surface area (Å²) in [5.41, 5.74) is 3.16. The lowest BCUT2D eigenvalue weighted by molar-refractivity contribution is -0.115. The van der Waals surface area contributed by atoms with Gasteiger partial charge in [-0.15, -0.1) is 0 Å². The van der Waals surface area contributed by atoms with Crippen LogP contribution in [0.1, 0.15) is 11.1 Å². The molecule has 2 rings (SSSR count). The summed E-state index contributed by atoms with van der Waals surface area (Å²) in [6.45, 7) is 3.06. The number of benzene rings is 2. The number of aryl methyl sites for hydroxylation is 1. The third-order valence-corrected chi connectivity index (χ3v) is 3.34. The Kier molecular flexibility index (Phi) is 5.78. The van der Waals surface area contributed by atoms with Crippen molar-refractivity contribution in [3.05, 3.63) is 64.7 Å². The number of amides is 1. The van der Waals surface area contributed by atoms with Crippen LogP contribution in [0.3, 0.4) is 0 Å². The second kappa shape index (κ2) is 7.81. The third-order valence-electron chi connectivity index (χ3n) is 3.09. The van der Waals surface area contributed by atoms with Gasteiger partial charge in [-0.3, -0.25) is 4.79 Å². The van der Waals surface area contributed by atoms with E-state index in [-0.39, 0.29) is 5.91 Å². The normalized spacial score (nSPS) is 10.4. The van der Waals surface area contributed by atoms with Gasteiger partial charge >= 0.3 is 0 Å². The number of nitrogens with one attached hydrogen (secondary N) is 2. The first-order valence-corrected chi connectivity index (χ1v) is 7.33. The molecule has 0 aliphatic carbocycles. The Morgan fingerprint density at radius 1 is 1.14 bits per heavy atom. The SMILES string of the molecule is Cc1cccc(NC(=O)CNCCc2ccc(Cl)cc2)c1. The summed E-state index contributed by atoms with van der Waals surface area (Å²) in [4.78, 5) is 11.8. The van der Waals surface area contributed by atoms with Gasteiger partial charge in [-0.2, -0.15) is 0 Å². The zero-order chi connectivity index (χ0) is 15.1. The highest BCUT2D eigenvalue weighted by Crippen LogP contribution is 2.10. The van der Waals surface area contributed by atoms with Gasteiger partial charge in [0, 0.05) is 10.7 Å². The summed E-state index contributed by atoms with van der Waals surface area (Å²) in [5.74, 6) is -0.0308. The van der Waals surface area contributed by atoms with E-state index in [9.17, 15) is 4.79 Å². The molecule has 21 heavy (non-hydrogen) atoms. The summed E-state index contributed by atoms with van der Waals surface area (Å²) < 4.78 is 0. The van der Waals surface area contributed by atoms with E-state index in [1.165, 1.54) is 5.56 Å². The van der Waals surface area contributed by atoms with Crippen LogP contribution < -0.4 is 10.6 Å². The first kappa shape index (κ1) is 15.5. The highest BCUT2D eigenvalue weighted by atomic mass is 35.5. The van der Waals surface area contributed by atoms with Gasteiger partial charge in [-0.25, -0.2) is 0 Å². The maximum absolute atomic E-state index is 11.8. The van der Waals surface area contributed by atoms with Gasteiger partial charge in [0.25, 0.3) is 0 Å². The fourth-order valence-corrected chi connectivity index (χ4v) is 2.14. The Balaban J connectivity index is 1.68. The lowest BCUT2D eigenvalue weighted by Gasteiger charge is -2.07. The van der Waals surface area contributed by atoms with Crippen LogP contribution in [-0.4, -0.2) is 19.0 Å². The smallest absolute Gasteiger partial charge is 0.238 e. The largest absolute Gasteiger partial charge is 0.325 e. The van der Waals surface area contributed by atoms with Crippen LogP contribution in [0.5, 0.6) is 0 Å². The standard InChI is InChI=1S/C17H19ClN2O/c1-13-3-2-4-16(11-13)20-17(21)12-19-10-9-14-5-7-15(18)8-6-14/h2-8,11,19H,9-10,12H2,1H3,(H,20,21). The molecule has 2 aromatic carbocycles. The second-order valence-corrected chi connectivity index (χ2v) is 5.41. The Labute approximate surface area is 130 Å². The molecule has 0 aliphatic rings. The number of anilines is 1. The second-order valence-electron chi connectivity index (χ2n) is 4.97. The minimum absolute atomic E-state index is 0.0308. The molecule has 0 saturated heterocycles. The molecule has 0 atom stereocenters. The number of hydrogen-bond donors (Lipinski definition) is 2. The van der Waals surface area contributed by atoms with E-state index >= 15 is 0 Å². The summed E-state index contributed by atoms with van der Waals surface area (Å²) in [7, 11) is 0. The van der Waals surface area contributed by atoms with Gasteiger partial charge in [0.1, 0.15) is 0 Å². The Morgan fingerprint density at radius 2 is 1.90 bits per heavy atom. The van der Waals surface area contributed by atoms with Crippen LogP contribution in [0.15, 0.2) is 48.5 Å². The van der Waals surface area contributed by atoms with Crippen LogP contribution in [0.4, 0.5) is 5.69 Å². The zero-order valence-corrected chi connectivity index (χ0v) is 12.8. The zero-order valence-electron chi connectivity index (χ0n) is 12.0. The number of carbonyl (C=O) groups is 1. The van der Waals surface area contributed by atoms with E-state index in [0.717, 1.165) is 29.2 Å². The molecule has 0 saturated carbocycles. The summed E-state index contributed by atoms with van der Waals surface area (Å²) in [6.07, 6.45) is 0.870. The predicted octanol–water partition coefficient (Wildman–Crippen LogP) is 3.42. The molecule has 4 heteroatoms. The number of rotatable bonds is 6. The molecule has 0 unspecified atom stereocenters. The van der Waals surface area contributed by atoms with Gasteiger partial charge in [-0.1, -0.05) is 35.9 Å². The van der Waals surface area contributed by atoms with Crippen LogP contribution >= 0.6 is 11.6 Å². The predicted molar refractivity (Wildman–Crippen MR) is 87.8 cm³/mol. The molecular formula is C17H19ClN2O. The Hall–Kier alpha value is -1.84. The molecule has 0 fully saturated rings. The fourth-order valence-electron chi connectivity index (χ4n) is 2.01. The van der Waals surface area contributed by atoms with Crippen molar-refractivity contribution in [1.82, 2.24) is 5.32 Å². The van der Waals surface area contributed by atoms with Crippen molar-refractivity contribution >= 4 is 23.2 Å². The average molecular weight is 303 g/mol. The minimum Gasteiger partial charge on any atom is -0.325 e. The summed E-state index contributed by atoms with van der Waals surface area (Å²) in [5, 5.41) is 6.75. The molecular weight excluding hydrogens is 284 g/mol. The molecule has 110 valence electrons. The van der Waals surface area contributed by atoms with E-state index in [0.29, 0.717) is 6.54 Å². The van der Waals surface area contributed by atoms with Crippen molar-refractivity contribution in [2.45, 2.75) is 13.3 Å². The summed E-state index contributed by atoms with van der Waals surface area (Å²) >= 11 is 5.83. The van der Waals surface area contributed by atoms with E-state index in [1.807, 2.05) is 55.5 Å². The molecule has 3 nitrogen and oxygen atoms in total. The molecule has 0 radical (unpaired) electrons. The molecule has 0 aliphatic heterocycles. The molecule has 1 amide bonds. The summed E-state index contributed by atoms with van der Waals surface area (Å²) in [6, 6.07) is 15.5. The van der Waals surface area contributed by atoms with Gasteiger partial charge in [-0.05, 0) is 55.3 Å². The fraction of sp³-hybridized carbons (Fsp3) is 0.235. The number of halogens is 1. The third kappa shape index (κ3) is 5.58. The van der Waals surface area contributed by atoms with E-state index < -0.39 is 0 Å². The highest BCUT2D eigenvalue weighted by Gasteiger charge is 2.02. The van der Waals surface area contributed by atoms with E-state index in [2.05, 4.69) is 10.6 Å². The molecule has 0 spiro atoms. The lowest BCUT2D eigenvalue weighted by atomic mass is 10.1. The minimum atomic E-state index is -0.0308. The van der Waals surface area contributed by atoms with Crippen LogP contribution in [0, 0.1) is 6.92 Å². The van der Waals surface area contributed by atoms with Crippen LogP contribution in [-0.2, 0) is 11.2 Å². The number of carbonyl (C=O) groups excluding carboxylic acids is 1. The molecule has 2 N–H and O–H groups in total. The van der Waals surface area contributed by atoms with Gasteiger partial charge in [0.15, 0.2) is 0 Å². The quantitative estimate of drug-likeness (QED) is 0.803. The average Bonchev–Trinajstić information content (AvgIpc) is 2.45. The van der Waals surface area contributed by atoms with Gasteiger partial charge in [0.05, 0.1) is 6.54 Å². The van der Waals surface area contributed by atoms with Crippen molar-refractivity contribution in [2.24, 2.45) is 0 Å². The highest BCUT2D eigenvalue weighted by molar-refractivity contribution is 6.30. The number of hydrogen-bond acceptors (Lipinski definition) is 2. The van der Waals surface area contributed by atoms with Crippen molar-refractivity contribution in [3.8, 4) is 0 Å². The van der Waals surface area contributed by atoms with E-state index in [1.54, 1.807) is 0 Å². The van der Waals surface area contributed by atoms with Crippen molar-refractivity contribution in [2.75, 3.05) is 18.4 Å². The van der Waals surface area contributed by atoms with Gasteiger partial charge < -0.3 is 10.6 Å². The van der Waals surface area contributed by atoms with Crippen LogP contribution in [0.2, 0.25) is 5.02 Å². The Morgan fingerprint density at radius 3 is 2.62 bits per heavy atom. The molecule has 2 aromatic rings.